The first-order valence-corrected chi connectivity index (χ1v) is 5.62. The molecule has 0 heterocycles. The van der Waals surface area contributed by atoms with Gasteiger partial charge in [-0.25, -0.2) is 0 Å². The summed E-state index contributed by atoms with van der Waals surface area (Å²) in [6.07, 6.45) is 0.992. The molecule has 0 fully saturated rings. The summed E-state index contributed by atoms with van der Waals surface area (Å²) in [5.41, 5.74) is 0.585. The molecule has 0 bridgehead atoms. The minimum atomic E-state index is -0.464. The number of ether oxygens (including phenoxy) is 1. The summed E-state index contributed by atoms with van der Waals surface area (Å²) in [7, 11) is 1.65. The van der Waals surface area contributed by atoms with Gasteiger partial charge in [0.2, 0.25) is 0 Å². The van der Waals surface area contributed by atoms with Crippen LogP contribution in [0.3, 0.4) is 0 Å². The van der Waals surface area contributed by atoms with Gasteiger partial charge in [0.15, 0.2) is 0 Å². The van der Waals surface area contributed by atoms with Crippen molar-refractivity contribution in [1.82, 2.24) is 0 Å². The zero-order valence-electron chi connectivity index (χ0n) is 10.4. The van der Waals surface area contributed by atoms with E-state index in [2.05, 4.69) is 0 Å². The van der Waals surface area contributed by atoms with Crippen LogP contribution in [0.25, 0.3) is 10.8 Å². The fraction of sp³-hybridized carbons (Fsp3) is 0.267. The third-order valence-corrected chi connectivity index (χ3v) is 3.08. The number of carbonyl (C=O) groups excluding carboxylic acids is 1. The van der Waals surface area contributed by atoms with Crippen LogP contribution < -0.4 is 4.74 Å². The molecule has 2 rings (SSSR count). The van der Waals surface area contributed by atoms with Crippen molar-refractivity contribution in [3.8, 4) is 5.75 Å². The zero-order valence-corrected chi connectivity index (χ0v) is 10.4. The second-order valence-corrected chi connectivity index (χ2v) is 4.73. The highest BCUT2D eigenvalue weighted by Crippen LogP contribution is 2.30. The maximum atomic E-state index is 11.2. The predicted molar refractivity (Wildman–Crippen MR) is 69.6 cm³/mol. The van der Waals surface area contributed by atoms with E-state index < -0.39 is 5.41 Å². The molecule has 2 heteroatoms. The van der Waals surface area contributed by atoms with Crippen LogP contribution in [0, 0.1) is 0 Å². The summed E-state index contributed by atoms with van der Waals surface area (Å²) in [6, 6.07) is 11.9. The van der Waals surface area contributed by atoms with Crippen LogP contribution in [0.1, 0.15) is 19.4 Å². The Balaban J connectivity index is 2.70. The molecule has 0 aliphatic carbocycles. The lowest BCUT2D eigenvalue weighted by molar-refractivity contribution is -0.111. The molecule has 0 aliphatic heterocycles. The number of rotatable bonds is 3. The molecule has 0 spiro atoms. The second kappa shape index (κ2) is 4.21. The van der Waals surface area contributed by atoms with Crippen LogP contribution in [0.2, 0.25) is 0 Å². The van der Waals surface area contributed by atoms with Gasteiger partial charge in [-0.15, -0.1) is 0 Å². The van der Waals surface area contributed by atoms with Crippen molar-refractivity contribution in [2.75, 3.05) is 7.11 Å². The molecule has 17 heavy (non-hydrogen) atoms. The number of hydrogen-bond acceptors (Lipinski definition) is 2. The Labute approximate surface area is 101 Å². The van der Waals surface area contributed by atoms with Gasteiger partial charge in [-0.2, -0.15) is 0 Å². The maximum Gasteiger partial charge on any atom is 0.129 e. The second-order valence-electron chi connectivity index (χ2n) is 4.73. The molecule has 0 aliphatic rings. The minimum Gasteiger partial charge on any atom is -0.497 e. The molecule has 0 aromatic heterocycles. The first-order valence-electron chi connectivity index (χ1n) is 5.62. The molecule has 2 nitrogen and oxygen atoms in total. The van der Waals surface area contributed by atoms with E-state index in [1.54, 1.807) is 7.11 Å². The summed E-state index contributed by atoms with van der Waals surface area (Å²) in [6.45, 7) is 3.86. The number of fused-ring (bicyclic) bond motifs is 1. The van der Waals surface area contributed by atoms with E-state index in [0.29, 0.717) is 0 Å². The van der Waals surface area contributed by atoms with Gasteiger partial charge < -0.3 is 9.53 Å². The Hall–Kier alpha value is -1.83. The molecule has 0 N–H and O–H groups in total. The van der Waals surface area contributed by atoms with E-state index in [9.17, 15) is 4.79 Å². The molecule has 0 radical (unpaired) electrons. The first kappa shape index (κ1) is 11.6. The average molecular weight is 228 g/mol. The molecule has 0 atom stereocenters. The lowest BCUT2D eigenvalue weighted by Crippen LogP contribution is -2.18. The van der Waals surface area contributed by atoms with Gasteiger partial charge in [0.1, 0.15) is 12.0 Å². The third kappa shape index (κ3) is 2.03. The monoisotopic (exact) mass is 228 g/mol. The molecule has 0 unspecified atom stereocenters. The number of hydrogen-bond donors (Lipinski definition) is 0. The SMILES string of the molecule is COc1ccc2c(C(C)(C)C=O)cccc2c1. The van der Waals surface area contributed by atoms with E-state index >= 15 is 0 Å². The quantitative estimate of drug-likeness (QED) is 0.753. The maximum absolute atomic E-state index is 11.2. The molecule has 0 amide bonds. The van der Waals surface area contributed by atoms with Crippen molar-refractivity contribution < 1.29 is 9.53 Å². The highest BCUT2D eigenvalue weighted by molar-refractivity contribution is 5.90. The van der Waals surface area contributed by atoms with Crippen LogP contribution in [-0.2, 0) is 10.2 Å². The molecule has 2 aromatic carbocycles. The van der Waals surface area contributed by atoms with Crippen LogP contribution in [-0.4, -0.2) is 13.4 Å². The molecule has 88 valence electrons. The molecular formula is C15H16O2. The van der Waals surface area contributed by atoms with E-state index in [1.165, 1.54) is 0 Å². The van der Waals surface area contributed by atoms with E-state index in [4.69, 9.17) is 4.74 Å². The Kier molecular flexibility index (Phi) is 2.88. The summed E-state index contributed by atoms with van der Waals surface area (Å²) < 4.78 is 5.20. The van der Waals surface area contributed by atoms with Crippen LogP contribution in [0.15, 0.2) is 36.4 Å². The average Bonchev–Trinajstić information content (AvgIpc) is 2.37. The van der Waals surface area contributed by atoms with Crippen molar-refractivity contribution in [1.29, 1.82) is 0 Å². The fourth-order valence-corrected chi connectivity index (χ4v) is 2.01. The molecule has 0 saturated heterocycles. The Bertz CT molecular complexity index is 556. The van der Waals surface area contributed by atoms with Crippen molar-refractivity contribution in [3.05, 3.63) is 42.0 Å². The highest BCUT2D eigenvalue weighted by Gasteiger charge is 2.21. The van der Waals surface area contributed by atoms with Crippen molar-refractivity contribution in [3.63, 3.8) is 0 Å². The van der Waals surface area contributed by atoms with Gasteiger partial charge in [0, 0.05) is 5.41 Å². The largest absolute Gasteiger partial charge is 0.497 e. The Morgan fingerprint density at radius 2 is 1.94 bits per heavy atom. The molecule has 2 aromatic rings. The summed E-state index contributed by atoms with van der Waals surface area (Å²) >= 11 is 0. The highest BCUT2D eigenvalue weighted by atomic mass is 16.5. The topological polar surface area (TPSA) is 26.3 Å². The van der Waals surface area contributed by atoms with Crippen molar-refractivity contribution in [2.24, 2.45) is 0 Å². The third-order valence-electron chi connectivity index (χ3n) is 3.08. The van der Waals surface area contributed by atoms with E-state index in [1.807, 2.05) is 50.2 Å². The summed E-state index contributed by atoms with van der Waals surface area (Å²) in [5, 5.41) is 2.20. The standard InChI is InChI=1S/C15H16O2/c1-15(2,10-16)14-6-4-5-11-9-12(17-3)7-8-13(11)14/h4-10H,1-3H3. The lowest BCUT2D eigenvalue weighted by atomic mass is 9.83. The van der Waals surface area contributed by atoms with Crippen LogP contribution >= 0.6 is 0 Å². The Morgan fingerprint density at radius 1 is 1.18 bits per heavy atom. The fourth-order valence-electron chi connectivity index (χ4n) is 2.01. The normalized spacial score (nSPS) is 11.5. The predicted octanol–water partition coefficient (Wildman–Crippen LogP) is 3.32. The van der Waals surface area contributed by atoms with Crippen molar-refractivity contribution >= 4 is 17.1 Å². The van der Waals surface area contributed by atoms with Crippen LogP contribution in [0.4, 0.5) is 0 Å². The zero-order chi connectivity index (χ0) is 12.5. The van der Waals surface area contributed by atoms with E-state index in [0.717, 1.165) is 28.4 Å². The summed E-state index contributed by atoms with van der Waals surface area (Å²) in [5.74, 6) is 0.832. The number of methoxy groups -OCH3 is 1. The first-order chi connectivity index (χ1) is 8.08. The van der Waals surface area contributed by atoms with Gasteiger partial charge >= 0.3 is 0 Å². The van der Waals surface area contributed by atoms with Gasteiger partial charge in [-0.3, -0.25) is 0 Å². The molecular weight excluding hydrogens is 212 g/mol. The van der Waals surface area contributed by atoms with Gasteiger partial charge in [0.05, 0.1) is 7.11 Å². The molecule has 0 saturated carbocycles. The smallest absolute Gasteiger partial charge is 0.129 e. The number of carbonyl (C=O) groups is 1. The van der Waals surface area contributed by atoms with E-state index in [-0.39, 0.29) is 0 Å². The van der Waals surface area contributed by atoms with Gasteiger partial charge in [0.25, 0.3) is 0 Å². The minimum absolute atomic E-state index is 0.464. The summed E-state index contributed by atoms with van der Waals surface area (Å²) in [4.78, 5) is 11.2. The Morgan fingerprint density at radius 3 is 2.59 bits per heavy atom. The number of benzene rings is 2. The van der Waals surface area contributed by atoms with Crippen LogP contribution in [0.5, 0.6) is 5.75 Å². The van der Waals surface area contributed by atoms with Gasteiger partial charge in [-0.1, -0.05) is 24.3 Å². The van der Waals surface area contributed by atoms with Crippen molar-refractivity contribution in [2.45, 2.75) is 19.3 Å². The number of aldehydes is 1. The van der Waals surface area contributed by atoms with Gasteiger partial charge in [-0.05, 0) is 42.3 Å². The lowest BCUT2D eigenvalue weighted by Gasteiger charge is -2.20.